The van der Waals surface area contributed by atoms with E-state index in [0.717, 1.165) is 0 Å². The standard InChI is InChI=1S/C13H18F2N4O5P2S2/c1-20-25(27)22-3-2-19-11(18-9-4-16-8-17-12(9)19)6-23-26(28)24-10-5-21-7-13(10,14)15/h4,8,10,27-28H,2-3,5-7H2,1H3. The summed E-state index contributed by atoms with van der Waals surface area (Å²) in [5, 5.41) is 0. The summed E-state index contributed by atoms with van der Waals surface area (Å²) in [4.78, 5) is 12.6. The summed E-state index contributed by atoms with van der Waals surface area (Å²) in [6.07, 6.45) is 1.60. The molecular formula is C13H18F2N4O5P2S2. The molecule has 156 valence electrons. The molecule has 9 nitrogen and oxygen atoms in total. The summed E-state index contributed by atoms with van der Waals surface area (Å²) in [6.45, 7) is -0.158. The smallest absolute Gasteiger partial charge is 0.299 e. The first-order chi connectivity index (χ1) is 13.4. The lowest BCUT2D eigenvalue weighted by molar-refractivity contribution is -0.0654. The Morgan fingerprint density at radius 2 is 2.18 bits per heavy atom. The van der Waals surface area contributed by atoms with Crippen LogP contribution in [0.3, 0.4) is 0 Å². The van der Waals surface area contributed by atoms with Gasteiger partial charge in [0.25, 0.3) is 5.92 Å². The molecule has 3 heterocycles. The first-order valence-electron chi connectivity index (χ1n) is 7.96. The van der Waals surface area contributed by atoms with Gasteiger partial charge in [0.1, 0.15) is 30.9 Å². The molecule has 0 amide bonds. The van der Waals surface area contributed by atoms with E-state index in [-0.39, 0.29) is 13.2 Å². The van der Waals surface area contributed by atoms with Crippen LogP contribution >= 0.6 is 39.7 Å². The van der Waals surface area contributed by atoms with Crippen LogP contribution in [0.15, 0.2) is 12.5 Å². The number of imidazole rings is 1. The zero-order valence-electron chi connectivity index (χ0n) is 14.6. The molecule has 3 rings (SSSR count). The number of halogens is 2. The van der Waals surface area contributed by atoms with E-state index in [1.165, 1.54) is 13.4 Å². The van der Waals surface area contributed by atoms with Gasteiger partial charge in [0, 0.05) is 13.7 Å². The van der Waals surface area contributed by atoms with Gasteiger partial charge in [-0.05, 0) is 0 Å². The van der Waals surface area contributed by atoms with E-state index < -0.39 is 33.8 Å². The van der Waals surface area contributed by atoms with Crippen molar-refractivity contribution in [2.45, 2.75) is 25.2 Å². The summed E-state index contributed by atoms with van der Waals surface area (Å²) in [7, 11) is -1.61. The molecular weight excluding hydrogens is 456 g/mol. The maximum absolute atomic E-state index is 13.6. The molecule has 1 saturated heterocycles. The molecule has 3 unspecified atom stereocenters. The predicted octanol–water partition coefficient (Wildman–Crippen LogP) is 3.37. The molecule has 2 aromatic heterocycles. The van der Waals surface area contributed by atoms with Crippen molar-refractivity contribution < 1.29 is 31.6 Å². The van der Waals surface area contributed by atoms with Crippen LogP contribution in [0.25, 0.3) is 11.2 Å². The Balaban J connectivity index is 1.63. The molecule has 1 fully saturated rings. The molecule has 28 heavy (non-hydrogen) atoms. The van der Waals surface area contributed by atoms with Gasteiger partial charge < -0.3 is 27.4 Å². The van der Waals surface area contributed by atoms with Crippen molar-refractivity contribution in [3.8, 4) is 0 Å². The number of nitrogens with zero attached hydrogens (tertiary/aromatic N) is 4. The van der Waals surface area contributed by atoms with Gasteiger partial charge in [-0.1, -0.05) is 24.5 Å². The quantitative estimate of drug-likeness (QED) is 0.400. The first kappa shape index (κ1) is 22.5. The molecule has 0 saturated carbocycles. The number of hydrogen-bond acceptors (Lipinski definition) is 10. The number of fused-ring (bicyclic) bond motifs is 1. The zero-order valence-corrected chi connectivity index (χ0v) is 18.2. The Kier molecular flexibility index (Phi) is 8.17. The second kappa shape index (κ2) is 10.2. The molecule has 0 aliphatic carbocycles. The third-order valence-corrected chi connectivity index (χ3v) is 6.68. The minimum absolute atomic E-state index is 0.00930. The van der Waals surface area contributed by atoms with E-state index in [0.29, 0.717) is 30.1 Å². The third-order valence-electron chi connectivity index (χ3n) is 3.72. The van der Waals surface area contributed by atoms with Crippen LogP contribution in [0, 0.1) is 0 Å². The summed E-state index contributed by atoms with van der Waals surface area (Å²) in [5.74, 6) is -2.54. The van der Waals surface area contributed by atoms with Crippen LogP contribution in [0.4, 0.5) is 8.78 Å². The Morgan fingerprint density at radius 3 is 2.89 bits per heavy atom. The van der Waals surface area contributed by atoms with E-state index >= 15 is 0 Å². The normalized spacial score (nSPS) is 21.2. The van der Waals surface area contributed by atoms with Crippen molar-refractivity contribution in [1.29, 1.82) is 0 Å². The molecule has 15 heteroatoms. The highest BCUT2D eigenvalue weighted by Crippen LogP contribution is 2.48. The topological polar surface area (TPSA) is 89.8 Å². The lowest BCUT2D eigenvalue weighted by Crippen LogP contribution is -2.32. The number of aromatic nitrogens is 4. The van der Waals surface area contributed by atoms with Crippen LogP contribution in [0.1, 0.15) is 5.82 Å². The summed E-state index contributed by atoms with van der Waals surface area (Å²) in [6, 6.07) is 0. The largest absolute Gasteiger partial charge is 0.372 e. The fourth-order valence-electron chi connectivity index (χ4n) is 2.41. The number of rotatable bonds is 10. The van der Waals surface area contributed by atoms with Crippen LogP contribution in [0.2, 0.25) is 0 Å². The van der Waals surface area contributed by atoms with Crippen molar-refractivity contribution >= 4 is 50.8 Å². The summed E-state index contributed by atoms with van der Waals surface area (Å²) >= 11 is 8.29. The van der Waals surface area contributed by atoms with E-state index in [4.69, 9.17) is 22.8 Å². The third kappa shape index (κ3) is 5.68. The molecule has 0 bridgehead atoms. The van der Waals surface area contributed by atoms with Gasteiger partial charge >= 0.3 is 0 Å². The maximum atomic E-state index is 13.6. The minimum atomic E-state index is -3.06. The van der Waals surface area contributed by atoms with Gasteiger partial charge in [-0.15, -0.1) is 0 Å². The lowest BCUT2D eigenvalue weighted by Gasteiger charge is -2.20. The van der Waals surface area contributed by atoms with Gasteiger partial charge in [0.15, 0.2) is 11.8 Å². The highest BCUT2D eigenvalue weighted by molar-refractivity contribution is 8.42. The van der Waals surface area contributed by atoms with Crippen molar-refractivity contribution in [2.75, 3.05) is 26.9 Å². The zero-order chi connectivity index (χ0) is 20.1. The Labute approximate surface area is 172 Å². The van der Waals surface area contributed by atoms with E-state index in [2.05, 4.69) is 39.4 Å². The number of thiol groups is 2. The number of ether oxygens (including phenoxy) is 1. The monoisotopic (exact) mass is 474 g/mol. The average Bonchev–Trinajstić information content (AvgIpc) is 3.19. The second-order valence-electron chi connectivity index (χ2n) is 5.55. The molecule has 0 radical (unpaired) electrons. The number of hydrogen-bond donors (Lipinski definition) is 2. The fraction of sp³-hybridized carbons (Fsp3) is 0.615. The Bertz CT molecular complexity index is 792. The van der Waals surface area contributed by atoms with Gasteiger partial charge in [-0.25, -0.2) is 23.7 Å². The van der Waals surface area contributed by atoms with Crippen molar-refractivity contribution in [3.05, 3.63) is 18.3 Å². The minimum Gasteiger partial charge on any atom is -0.372 e. The van der Waals surface area contributed by atoms with Crippen molar-refractivity contribution in [1.82, 2.24) is 19.5 Å². The van der Waals surface area contributed by atoms with E-state index in [9.17, 15) is 8.78 Å². The maximum Gasteiger partial charge on any atom is 0.299 e. The van der Waals surface area contributed by atoms with Crippen molar-refractivity contribution in [3.63, 3.8) is 0 Å². The van der Waals surface area contributed by atoms with Gasteiger partial charge in [-0.3, -0.25) is 0 Å². The van der Waals surface area contributed by atoms with Gasteiger partial charge in [-0.2, -0.15) is 0 Å². The summed E-state index contributed by atoms with van der Waals surface area (Å²) in [5.41, 5.74) is 1.17. The molecule has 0 aromatic carbocycles. The van der Waals surface area contributed by atoms with Crippen molar-refractivity contribution in [2.24, 2.45) is 0 Å². The van der Waals surface area contributed by atoms with Crippen LogP contribution in [0.5, 0.6) is 0 Å². The highest BCUT2D eigenvalue weighted by Gasteiger charge is 2.47. The van der Waals surface area contributed by atoms with E-state index in [1.807, 2.05) is 0 Å². The Hall–Kier alpha value is -0.230. The molecule has 1 aliphatic heterocycles. The molecule has 3 atom stereocenters. The fourth-order valence-corrected chi connectivity index (χ4v) is 4.23. The van der Waals surface area contributed by atoms with Gasteiger partial charge in [0.05, 0.1) is 19.4 Å². The summed E-state index contributed by atoms with van der Waals surface area (Å²) < 4.78 is 54.8. The van der Waals surface area contributed by atoms with Crippen LogP contribution in [-0.4, -0.2) is 58.5 Å². The van der Waals surface area contributed by atoms with Gasteiger partial charge in [0.2, 0.25) is 15.2 Å². The molecule has 2 aromatic rings. The Morgan fingerprint density at radius 1 is 1.36 bits per heavy atom. The predicted molar refractivity (Wildman–Crippen MR) is 106 cm³/mol. The highest BCUT2D eigenvalue weighted by atomic mass is 32.7. The average molecular weight is 474 g/mol. The first-order valence-corrected chi connectivity index (χ1v) is 12.6. The van der Waals surface area contributed by atoms with E-state index in [1.54, 1.807) is 10.8 Å². The molecule has 0 N–H and O–H groups in total. The lowest BCUT2D eigenvalue weighted by atomic mass is 10.2. The second-order valence-corrected chi connectivity index (χ2v) is 9.55. The molecule has 0 spiro atoms. The molecule has 1 aliphatic rings. The number of alkyl halides is 2. The van der Waals surface area contributed by atoms with Crippen LogP contribution in [-0.2, 0) is 36.0 Å². The van der Waals surface area contributed by atoms with Crippen LogP contribution < -0.4 is 0 Å². The SMILES string of the molecule is COP(S)OCCn1c(COP(S)OC2COCC2(F)F)nc2cncnc21.